The number of amides is 1. The van der Waals surface area contributed by atoms with Crippen molar-refractivity contribution < 1.29 is 14.4 Å². The summed E-state index contributed by atoms with van der Waals surface area (Å²) in [6.07, 6.45) is 0.438. The average molecular weight is 284 g/mol. The highest BCUT2D eigenvalue weighted by atomic mass is 16.5. The summed E-state index contributed by atoms with van der Waals surface area (Å²) in [5.74, 6) is 6.60. The topological polar surface area (TPSA) is 75.4 Å². The van der Waals surface area contributed by atoms with Crippen LogP contribution in [-0.2, 0) is 0 Å². The van der Waals surface area contributed by atoms with Gasteiger partial charge in [0.1, 0.15) is 5.76 Å². The molecular weight excluding hydrogens is 268 g/mol. The number of rotatable bonds is 3. The molecule has 0 fully saturated rings. The van der Waals surface area contributed by atoms with Crippen LogP contribution in [0.1, 0.15) is 33.7 Å². The molecule has 5 heteroatoms. The van der Waals surface area contributed by atoms with E-state index >= 15 is 0 Å². The van der Waals surface area contributed by atoms with Crippen LogP contribution in [0.5, 0.6) is 0 Å². The summed E-state index contributed by atoms with van der Waals surface area (Å²) in [6.45, 7) is 3.69. The van der Waals surface area contributed by atoms with E-state index in [4.69, 9.17) is 9.63 Å². The maximum Gasteiger partial charge on any atom is 0.256 e. The molecule has 0 aliphatic heterocycles. The van der Waals surface area contributed by atoms with Crippen molar-refractivity contribution in [1.82, 2.24) is 5.16 Å². The predicted octanol–water partition coefficient (Wildman–Crippen LogP) is 2.28. The van der Waals surface area contributed by atoms with Crippen molar-refractivity contribution >= 4 is 11.7 Å². The third-order valence-electron chi connectivity index (χ3n) is 2.82. The first kappa shape index (κ1) is 14.8. The molecule has 1 amide bonds. The molecule has 0 unspecified atom stereocenters. The predicted molar refractivity (Wildman–Crippen MR) is 79.0 cm³/mol. The second kappa shape index (κ2) is 6.73. The van der Waals surface area contributed by atoms with Crippen LogP contribution in [0.3, 0.4) is 0 Å². The summed E-state index contributed by atoms with van der Waals surface area (Å²) in [5.41, 5.74) is 2.28. The summed E-state index contributed by atoms with van der Waals surface area (Å²) >= 11 is 0. The van der Waals surface area contributed by atoms with E-state index in [1.807, 2.05) is 6.92 Å². The number of aliphatic hydroxyl groups is 1. The van der Waals surface area contributed by atoms with Crippen LogP contribution >= 0.6 is 0 Å². The molecule has 0 radical (unpaired) electrons. The van der Waals surface area contributed by atoms with Crippen molar-refractivity contribution in [2.24, 2.45) is 0 Å². The van der Waals surface area contributed by atoms with Crippen molar-refractivity contribution in [2.75, 3.05) is 11.9 Å². The fourth-order valence-electron chi connectivity index (χ4n) is 1.77. The van der Waals surface area contributed by atoms with Crippen LogP contribution in [0, 0.1) is 25.7 Å². The van der Waals surface area contributed by atoms with Crippen molar-refractivity contribution in [3.8, 4) is 11.8 Å². The molecule has 0 spiro atoms. The Kier molecular flexibility index (Phi) is 4.75. The second-order valence-electron chi connectivity index (χ2n) is 4.58. The van der Waals surface area contributed by atoms with E-state index in [1.54, 1.807) is 31.2 Å². The van der Waals surface area contributed by atoms with E-state index < -0.39 is 0 Å². The maximum atomic E-state index is 12.1. The van der Waals surface area contributed by atoms with Gasteiger partial charge in [0, 0.05) is 23.6 Å². The minimum Gasteiger partial charge on any atom is -0.395 e. The largest absolute Gasteiger partial charge is 0.395 e. The number of benzene rings is 1. The number of nitrogens with one attached hydrogen (secondary N) is 1. The average Bonchev–Trinajstić information content (AvgIpc) is 2.86. The van der Waals surface area contributed by atoms with Gasteiger partial charge >= 0.3 is 0 Å². The number of nitrogens with zero attached hydrogens (tertiary/aromatic N) is 1. The number of carbonyl (C=O) groups excluding carboxylic acids is 1. The molecule has 1 aromatic heterocycles. The number of aryl methyl sites for hydroxylation is 2. The summed E-state index contributed by atoms with van der Waals surface area (Å²) in [5, 5.41) is 15.1. The molecule has 0 bridgehead atoms. The lowest BCUT2D eigenvalue weighted by Crippen LogP contribution is -2.12. The molecule has 5 nitrogen and oxygen atoms in total. The number of hydrogen-bond donors (Lipinski definition) is 2. The Balaban J connectivity index is 2.12. The molecule has 2 N–H and O–H groups in total. The zero-order valence-corrected chi connectivity index (χ0v) is 11.9. The molecule has 0 aliphatic carbocycles. The molecule has 2 aromatic rings. The zero-order chi connectivity index (χ0) is 15.2. The Morgan fingerprint density at radius 1 is 1.38 bits per heavy atom. The maximum absolute atomic E-state index is 12.1. The third-order valence-corrected chi connectivity index (χ3v) is 2.82. The van der Waals surface area contributed by atoms with Crippen molar-refractivity contribution in [3.63, 3.8) is 0 Å². The van der Waals surface area contributed by atoms with Gasteiger partial charge in [-0.3, -0.25) is 4.79 Å². The molecule has 0 atom stereocenters. The highest BCUT2D eigenvalue weighted by Gasteiger charge is 2.09. The fraction of sp³-hybridized carbons (Fsp3) is 0.250. The van der Waals surface area contributed by atoms with Crippen LogP contribution < -0.4 is 5.32 Å². The van der Waals surface area contributed by atoms with E-state index in [0.717, 1.165) is 11.1 Å². The minimum absolute atomic E-state index is 0.0453. The Morgan fingerprint density at radius 3 is 2.81 bits per heavy atom. The summed E-state index contributed by atoms with van der Waals surface area (Å²) in [7, 11) is 0. The van der Waals surface area contributed by atoms with Gasteiger partial charge in [0.25, 0.3) is 5.91 Å². The SMILES string of the molecule is Cc1cc(NC(=O)c2ccc(C#CCCO)c(C)c2)no1. The molecule has 1 aromatic carbocycles. The monoisotopic (exact) mass is 284 g/mol. The fourth-order valence-corrected chi connectivity index (χ4v) is 1.77. The lowest BCUT2D eigenvalue weighted by atomic mass is 10.0. The van der Waals surface area contributed by atoms with Gasteiger partial charge in [0.15, 0.2) is 5.82 Å². The van der Waals surface area contributed by atoms with E-state index in [9.17, 15) is 4.79 Å². The van der Waals surface area contributed by atoms with Crippen molar-refractivity contribution in [1.29, 1.82) is 0 Å². The van der Waals surface area contributed by atoms with Crippen LogP contribution in [-0.4, -0.2) is 22.8 Å². The third kappa shape index (κ3) is 3.94. The Morgan fingerprint density at radius 2 is 2.19 bits per heavy atom. The van der Waals surface area contributed by atoms with Gasteiger partial charge in [-0.15, -0.1) is 0 Å². The molecule has 0 saturated heterocycles. The van der Waals surface area contributed by atoms with Gasteiger partial charge in [-0.1, -0.05) is 17.0 Å². The van der Waals surface area contributed by atoms with Crippen molar-refractivity contribution in [3.05, 3.63) is 46.7 Å². The highest BCUT2D eigenvalue weighted by Crippen LogP contribution is 2.13. The van der Waals surface area contributed by atoms with Gasteiger partial charge in [-0.25, -0.2) is 0 Å². The van der Waals surface area contributed by atoms with Gasteiger partial charge in [0.2, 0.25) is 0 Å². The van der Waals surface area contributed by atoms with E-state index in [1.165, 1.54) is 0 Å². The molecule has 2 rings (SSSR count). The number of aromatic nitrogens is 1. The smallest absolute Gasteiger partial charge is 0.256 e. The van der Waals surface area contributed by atoms with Crippen molar-refractivity contribution in [2.45, 2.75) is 20.3 Å². The van der Waals surface area contributed by atoms with E-state index in [-0.39, 0.29) is 12.5 Å². The zero-order valence-electron chi connectivity index (χ0n) is 11.9. The lowest BCUT2D eigenvalue weighted by Gasteiger charge is -2.04. The van der Waals surface area contributed by atoms with Crippen LogP contribution in [0.15, 0.2) is 28.8 Å². The number of hydrogen-bond acceptors (Lipinski definition) is 4. The number of aliphatic hydroxyl groups excluding tert-OH is 1. The molecule has 1 heterocycles. The normalized spacial score (nSPS) is 9.86. The quantitative estimate of drug-likeness (QED) is 0.848. The van der Waals surface area contributed by atoms with Crippen LogP contribution in [0.2, 0.25) is 0 Å². The molecule has 0 saturated carbocycles. The molecule has 108 valence electrons. The Labute approximate surface area is 123 Å². The molecular formula is C16H16N2O3. The van der Waals surface area contributed by atoms with E-state index in [0.29, 0.717) is 23.6 Å². The first-order valence-electron chi connectivity index (χ1n) is 6.55. The number of anilines is 1. The van der Waals surface area contributed by atoms with Crippen LogP contribution in [0.25, 0.3) is 0 Å². The van der Waals surface area contributed by atoms with Gasteiger partial charge in [0.05, 0.1) is 6.61 Å². The summed E-state index contributed by atoms with van der Waals surface area (Å²) < 4.78 is 4.90. The molecule has 0 aliphatic rings. The first-order valence-corrected chi connectivity index (χ1v) is 6.55. The number of carbonyl (C=O) groups is 1. The summed E-state index contributed by atoms with van der Waals surface area (Å²) in [4.78, 5) is 12.1. The first-order chi connectivity index (χ1) is 10.1. The Hall–Kier alpha value is -2.58. The standard InChI is InChI=1S/C16H16N2O3/c1-11-9-14(7-6-13(11)5-3-4-8-19)16(20)17-15-10-12(2)21-18-15/h6-7,9-10,19H,4,8H2,1-2H3,(H,17,18,20). The highest BCUT2D eigenvalue weighted by molar-refractivity contribution is 6.03. The molecule has 21 heavy (non-hydrogen) atoms. The minimum atomic E-state index is -0.249. The van der Waals surface area contributed by atoms with E-state index in [2.05, 4.69) is 22.3 Å². The Bertz CT molecular complexity index is 708. The van der Waals surface area contributed by atoms with Gasteiger partial charge in [-0.2, -0.15) is 0 Å². The second-order valence-corrected chi connectivity index (χ2v) is 4.58. The van der Waals surface area contributed by atoms with Gasteiger partial charge in [-0.05, 0) is 37.6 Å². The van der Waals surface area contributed by atoms with Crippen LogP contribution in [0.4, 0.5) is 5.82 Å². The van der Waals surface area contributed by atoms with Gasteiger partial charge < -0.3 is 14.9 Å². The lowest BCUT2D eigenvalue weighted by molar-refractivity contribution is 0.102. The summed E-state index contributed by atoms with van der Waals surface area (Å²) in [6, 6.07) is 6.92.